The zero-order chi connectivity index (χ0) is 11.5. The van der Waals surface area contributed by atoms with Gasteiger partial charge in [0.25, 0.3) is 0 Å². The van der Waals surface area contributed by atoms with Crippen molar-refractivity contribution in [1.82, 2.24) is 10.2 Å². The standard InChI is InChI=1S/C12H16F2N2/c1-2-16(10-6-15-7-10)8-9-4-3-5-11(13)12(9)14/h3-5,10,15H,2,6-8H2,1H3. The van der Waals surface area contributed by atoms with Crippen LogP contribution in [0.15, 0.2) is 18.2 Å². The number of benzene rings is 1. The predicted octanol–water partition coefficient (Wildman–Crippen LogP) is 1.76. The van der Waals surface area contributed by atoms with Gasteiger partial charge in [0, 0.05) is 31.2 Å². The molecule has 0 amide bonds. The molecule has 0 spiro atoms. The molecule has 1 N–H and O–H groups in total. The highest BCUT2D eigenvalue weighted by molar-refractivity contribution is 5.19. The molecule has 2 rings (SSSR count). The molecular weight excluding hydrogens is 210 g/mol. The molecule has 0 bridgehead atoms. The highest BCUT2D eigenvalue weighted by Gasteiger charge is 2.24. The zero-order valence-corrected chi connectivity index (χ0v) is 9.34. The van der Waals surface area contributed by atoms with Gasteiger partial charge in [0.1, 0.15) is 0 Å². The Hall–Kier alpha value is -1.00. The van der Waals surface area contributed by atoms with Gasteiger partial charge in [0.2, 0.25) is 0 Å². The van der Waals surface area contributed by atoms with Crippen LogP contribution in [0, 0.1) is 11.6 Å². The summed E-state index contributed by atoms with van der Waals surface area (Å²) >= 11 is 0. The van der Waals surface area contributed by atoms with Crippen molar-refractivity contribution in [3.8, 4) is 0 Å². The third kappa shape index (κ3) is 2.23. The van der Waals surface area contributed by atoms with Crippen molar-refractivity contribution in [2.45, 2.75) is 19.5 Å². The van der Waals surface area contributed by atoms with Crippen molar-refractivity contribution in [1.29, 1.82) is 0 Å². The Morgan fingerprint density at radius 2 is 2.12 bits per heavy atom. The van der Waals surface area contributed by atoms with E-state index in [0.717, 1.165) is 25.7 Å². The second kappa shape index (κ2) is 4.89. The van der Waals surface area contributed by atoms with E-state index in [1.165, 1.54) is 0 Å². The van der Waals surface area contributed by atoms with Crippen LogP contribution < -0.4 is 5.32 Å². The van der Waals surface area contributed by atoms with Crippen LogP contribution in [0.4, 0.5) is 8.78 Å². The van der Waals surface area contributed by atoms with Crippen LogP contribution in [0.1, 0.15) is 12.5 Å². The first kappa shape index (κ1) is 11.5. The van der Waals surface area contributed by atoms with Gasteiger partial charge in [-0.15, -0.1) is 0 Å². The number of hydrogen-bond acceptors (Lipinski definition) is 2. The number of hydrogen-bond donors (Lipinski definition) is 1. The first-order valence-electron chi connectivity index (χ1n) is 5.60. The van der Waals surface area contributed by atoms with Crippen LogP contribution in [0.25, 0.3) is 0 Å². The summed E-state index contributed by atoms with van der Waals surface area (Å²) in [6.07, 6.45) is 0. The Bertz CT molecular complexity index is 364. The normalized spacial score (nSPS) is 16.5. The Kier molecular flexibility index (Phi) is 3.51. The molecular formula is C12H16F2N2. The van der Waals surface area contributed by atoms with Gasteiger partial charge in [-0.1, -0.05) is 19.1 Å². The Morgan fingerprint density at radius 3 is 2.69 bits per heavy atom. The van der Waals surface area contributed by atoms with E-state index >= 15 is 0 Å². The van der Waals surface area contributed by atoms with Crippen LogP contribution in [0.5, 0.6) is 0 Å². The smallest absolute Gasteiger partial charge is 0.163 e. The van der Waals surface area contributed by atoms with E-state index in [4.69, 9.17) is 0 Å². The molecule has 1 aliphatic rings. The van der Waals surface area contributed by atoms with E-state index in [1.807, 2.05) is 6.92 Å². The lowest BCUT2D eigenvalue weighted by Crippen LogP contribution is -2.56. The molecule has 0 saturated carbocycles. The van der Waals surface area contributed by atoms with E-state index < -0.39 is 11.6 Å². The monoisotopic (exact) mass is 226 g/mol. The third-order valence-electron chi connectivity index (χ3n) is 3.09. The fourth-order valence-electron chi connectivity index (χ4n) is 1.92. The Balaban J connectivity index is 2.09. The van der Waals surface area contributed by atoms with E-state index in [1.54, 1.807) is 12.1 Å². The quantitative estimate of drug-likeness (QED) is 0.841. The largest absolute Gasteiger partial charge is 0.314 e. The lowest BCUT2D eigenvalue weighted by Gasteiger charge is -2.37. The first-order valence-corrected chi connectivity index (χ1v) is 5.60. The minimum Gasteiger partial charge on any atom is -0.314 e. The van der Waals surface area contributed by atoms with Crippen molar-refractivity contribution in [2.75, 3.05) is 19.6 Å². The minimum atomic E-state index is -0.764. The molecule has 0 unspecified atom stereocenters. The molecule has 1 aliphatic heterocycles. The molecule has 1 heterocycles. The van der Waals surface area contributed by atoms with Crippen LogP contribution in [0.3, 0.4) is 0 Å². The van der Waals surface area contributed by atoms with Gasteiger partial charge in [-0.25, -0.2) is 8.78 Å². The summed E-state index contributed by atoms with van der Waals surface area (Å²) in [5, 5.41) is 3.18. The predicted molar refractivity (Wildman–Crippen MR) is 59.1 cm³/mol. The summed E-state index contributed by atoms with van der Waals surface area (Å²) in [4.78, 5) is 2.16. The van der Waals surface area contributed by atoms with Crippen LogP contribution >= 0.6 is 0 Å². The summed E-state index contributed by atoms with van der Waals surface area (Å²) < 4.78 is 26.5. The van der Waals surface area contributed by atoms with E-state index in [0.29, 0.717) is 18.2 Å². The van der Waals surface area contributed by atoms with Gasteiger partial charge in [-0.05, 0) is 12.6 Å². The maximum absolute atomic E-state index is 13.5. The molecule has 1 aromatic carbocycles. The minimum absolute atomic E-state index is 0.439. The maximum Gasteiger partial charge on any atom is 0.163 e. The highest BCUT2D eigenvalue weighted by atomic mass is 19.2. The summed E-state index contributed by atoms with van der Waals surface area (Å²) in [6, 6.07) is 4.81. The summed E-state index contributed by atoms with van der Waals surface area (Å²) in [6.45, 7) is 5.24. The second-order valence-electron chi connectivity index (χ2n) is 4.09. The average Bonchev–Trinajstić information content (AvgIpc) is 2.21. The van der Waals surface area contributed by atoms with Crippen LogP contribution in [-0.2, 0) is 6.54 Å². The van der Waals surface area contributed by atoms with Gasteiger partial charge in [-0.2, -0.15) is 0 Å². The number of likely N-dealkylation sites (N-methyl/N-ethyl adjacent to an activating group) is 1. The number of nitrogens with zero attached hydrogens (tertiary/aromatic N) is 1. The first-order chi connectivity index (χ1) is 7.72. The lowest BCUT2D eigenvalue weighted by molar-refractivity contribution is 0.143. The van der Waals surface area contributed by atoms with Gasteiger partial charge >= 0.3 is 0 Å². The van der Waals surface area contributed by atoms with Crippen molar-refractivity contribution >= 4 is 0 Å². The highest BCUT2D eigenvalue weighted by Crippen LogP contribution is 2.16. The molecule has 0 atom stereocenters. The topological polar surface area (TPSA) is 15.3 Å². The van der Waals surface area contributed by atoms with Gasteiger partial charge in [-0.3, -0.25) is 4.90 Å². The molecule has 2 nitrogen and oxygen atoms in total. The SMILES string of the molecule is CCN(Cc1cccc(F)c1F)C1CNC1. The number of rotatable bonds is 4. The fraction of sp³-hybridized carbons (Fsp3) is 0.500. The zero-order valence-electron chi connectivity index (χ0n) is 9.34. The average molecular weight is 226 g/mol. The maximum atomic E-state index is 13.5. The van der Waals surface area contributed by atoms with Crippen molar-refractivity contribution in [2.24, 2.45) is 0 Å². The molecule has 0 radical (unpaired) electrons. The molecule has 4 heteroatoms. The molecule has 0 aliphatic carbocycles. The third-order valence-corrected chi connectivity index (χ3v) is 3.09. The van der Waals surface area contributed by atoms with Gasteiger partial charge < -0.3 is 5.32 Å². The summed E-state index contributed by atoms with van der Waals surface area (Å²) in [5.41, 5.74) is 0.439. The van der Waals surface area contributed by atoms with Gasteiger partial charge in [0.15, 0.2) is 11.6 Å². The molecule has 1 saturated heterocycles. The van der Waals surface area contributed by atoms with Crippen LogP contribution in [-0.4, -0.2) is 30.6 Å². The fourth-order valence-corrected chi connectivity index (χ4v) is 1.92. The van der Waals surface area contributed by atoms with E-state index in [9.17, 15) is 8.78 Å². The van der Waals surface area contributed by atoms with Crippen LogP contribution in [0.2, 0.25) is 0 Å². The molecule has 1 aromatic rings. The Labute approximate surface area is 94.3 Å². The summed E-state index contributed by atoms with van der Waals surface area (Å²) in [7, 11) is 0. The summed E-state index contributed by atoms with van der Waals surface area (Å²) in [5.74, 6) is -1.48. The van der Waals surface area contributed by atoms with Crippen molar-refractivity contribution < 1.29 is 8.78 Å². The number of nitrogens with one attached hydrogen (secondary N) is 1. The van der Waals surface area contributed by atoms with E-state index in [-0.39, 0.29) is 0 Å². The molecule has 1 fully saturated rings. The van der Waals surface area contributed by atoms with Crippen molar-refractivity contribution in [3.63, 3.8) is 0 Å². The molecule has 0 aromatic heterocycles. The van der Waals surface area contributed by atoms with Gasteiger partial charge in [0.05, 0.1) is 0 Å². The second-order valence-corrected chi connectivity index (χ2v) is 4.09. The van der Waals surface area contributed by atoms with Crippen molar-refractivity contribution in [3.05, 3.63) is 35.4 Å². The Morgan fingerprint density at radius 1 is 1.38 bits per heavy atom. The molecule has 16 heavy (non-hydrogen) atoms. The lowest BCUT2D eigenvalue weighted by atomic mass is 10.1. The number of halogens is 2. The van der Waals surface area contributed by atoms with E-state index in [2.05, 4.69) is 10.2 Å². The molecule has 88 valence electrons.